The van der Waals surface area contributed by atoms with Crippen LogP contribution >= 0.6 is 0 Å². The molecule has 0 saturated carbocycles. The molecule has 3 rings (SSSR count). The number of hydrogen-bond donors (Lipinski definition) is 1. The number of benzene rings is 1. The maximum Gasteiger partial charge on any atom is 0.410 e. The van der Waals surface area contributed by atoms with E-state index in [0.29, 0.717) is 48.2 Å². The molecule has 1 N–H and O–H groups in total. The minimum absolute atomic E-state index is 0.139. The molecule has 1 aliphatic heterocycles. The Hall–Kier alpha value is -2.48. The van der Waals surface area contributed by atoms with Gasteiger partial charge in [-0.05, 0) is 70.7 Å². The van der Waals surface area contributed by atoms with Crippen molar-refractivity contribution >= 4 is 17.1 Å². The number of carbonyl (C=O) groups is 1. The maximum atomic E-state index is 12.2. The number of carbonyl (C=O) groups excluding carboxylic acids is 1. The van der Waals surface area contributed by atoms with Crippen LogP contribution in [0, 0.1) is 5.92 Å². The summed E-state index contributed by atoms with van der Waals surface area (Å²) in [7, 11) is 0. The molecule has 0 spiro atoms. The van der Waals surface area contributed by atoms with Gasteiger partial charge in [0.05, 0.1) is 12.2 Å². The van der Waals surface area contributed by atoms with Gasteiger partial charge in [-0.25, -0.2) is 4.79 Å². The topological polar surface area (TPSA) is 94.3 Å². The van der Waals surface area contributed by atoms with E-state index in [-0.39, 0.29) is 12.7 Å². The van der Waals surface area contributed by atoms with Gasteiger partial charge in [0.2, 0.25) is 0 Å². The molecular weight excluding hydrogens is 388 g/mol. The monoisotopic (exact) mass is 420 g/mol. The number of hydrogen-bond acceptors (Lipinski definition) is 7. The van der Waals surface area contributed by atoms with E-state index < -0.39 is 11.2 Å². The van der Waals surface area contributed by atoms with Gasteiger partial charge in [0.25, 0.3) is 5.88 Å². The van der Waals surface area contributed by atoms with Gasteiger partial charge in [-0.3, -0.25) is 0 Å². The van der Waals surface area contributed by atoms with Crippen molar-refractivity contribution in [2.45, 2.75) is 58.7 Å². The van der Waals surface area contributed by atoms with E-state index in [1.165, 1.54) is 0 Å². The van der Waals surface area contributed by atoms with Crippen molar-refractivity contribution in [3.63, 3.8) is 0 Å². The first-order valence-corrected chi connectivity index (χ1v) is 10.4. The number of amides is 1. The van der Waals surface area contributed by atoms with Crippen LogP contribution in [0.4, 0.5) is 4.79 Å². The van der Waals surface area contributed by atoms with Gasteiger partial charge in [-0.2, -0.15) is 0 Å². The number of nitrogens with zero attached hydrogens (tertiary/aromatic N) is 2. The quantitative estimate of drug-likeness (QED) is 0.755. The Bertz CT molecular complexity index is 857. The van der Waals surface area contributed by atoms with Crippen LogP contribution in [0.5, 0.6) is 11.6 Å². The highest BCUT2D eigenvalue weighted by Crippen LogP contribution is 2.34. The second-order valence-electron chi connectivity index (χ2n) is 9.44. The van der Waals surface area contributed by atoms with Crippen molar-refractivity contribution in [3.8, 4) is 11.6 Å². The predicted molar refractivity (Wildman–Crippen MR) is 112 cm³/mol. The summed E-state index contributed by atoms with van der Waals surface area (Å²) in [5.74, 6) is 1.25. The first-order chi connectivity index (χ1) is 14.0. The zero-order valence-corrected chi connectivity index (χ0v) is 18.4. The molecule has 2 heterocycles. The third kappa shape index (κ3) is 6.01. The van der Waals surface area contributed by atoms with E-state index in [0.717, 1.165) is 12.8 Å². The van der Waals surface area contributed by atoms with E-state index in [2.05, 4.69) is 5.16 Å². The second kappa shape index (κ2) is 8.71. The average Bonchev–Trinajstić information content (AvgIpc) is 3.07. The van der Waals surface area contributed by atoms with E-state index in [1.54, 1.807) is 30.9 Å². The lowest BCUT2D eigenvalue weighted by Crippen LogP contribution is -2.42. The maximum absolute atomic E-state index is 12.2. The molecule has 8 heteroatoms. The van der Waals surface area contributed by atoms with Gasteiger partial charge in [0, 0.05) is 13.1 Å². The third-order valence-corrected chi connectivity index (χ3v) is 4.73. The van der Waals surface area contributed by atoms with Crippen molar-refractivity contribution in [1.29, 1.82) is 0 Å². The summed E-state index contributed by atoms with van der Waals surface area (Å²) in [6.07, 6.45) is 1.40. The molecule has 0 bridgehead atoms. The van der Waals surface area contributed by atoms with Crippen LogP contribution in [0.2, 0.25) is 0 Å². The molecule has 1 saturated heterocycles. The number of aromatic nitrogens is 1. The van der Waals surface area contributed by atoms with Gasteiger partial charge in [0.15, 0.2) is 5.58 Å². The largest absolute Gasteiger partial charge is 0.490 e. The Kier molecular flexibility index (Phi) is 6.45. The fourth-order valence-corrected chi connectivity index (χ4v) is 3.21. The summed E-state index contributed by atoms with van der Waals surface area (Å²) >= 11 is 0. The number of ether oxygens (including phenoxy) is 3. The molecule has 30 heavy (non-hydrogen) atoms. The lowest BCUT2D eigenvalue weighted by Gasteiger charge is -2.33. The molecule has 1 fully saturated rings. The van der Waals surface area contributed by atoms with Crippen molar-refractivity contribution in [2.75, 3.05) is 26.3 Å². The van der Waals surface area contributed by atoms with Crippen molar-refractivity contribution < 1.29 is 28.6 Å². The van der Waals surface area contributed by atoms with Crippen LogP contribution in [0.1, 0.15) is 47.5 Å². The van der Waals surface area contributed by atoms with Crippen LogP contribution in [0.3, 0.4) is 0 Å². The highest BCUT2D eigenvalue weighted by Gasteiger charge is 2.27. The molecule has 166 valence electrons. The first-order valence-electron chi connectivity index (χ1n) is 10.4. The van der Waals surface area contributed by atoms with Crippen LogP contribution < -0.4 is 9.47 Å². The van der Waals surface area contributed by atoms with Gasteiger partial charge in [-0.15, -0.1) is 0 Å². The normalized spacial score (nSPS) is 16.0. The predicted octanol–water partition coefficient (Wildman–Crippen LogP) is 4.00. The molecule has 0 unspecified atom stereocenters. The molecule has 1 aromatic heterocycles. The second-order valence-corrected chi connectivity index (χ2v) is 9.44. The zero-order valence-electron chi connectivity index (χ0n) is 18.4. The van der Waals surface area contributed by atoms with Crippen LogP contribution in [-0.2, 0) is 4.74 Å². The summed E-state index contributed by atoms with van der Waals surface area (Å²) in [5, 5.41) is 14.6. The third-order valence-electron chi connectivity index (χ3n) is 4.73. The van der Waals surface area contributed by atoms with Crippen molar-refractivity contribution in [2.24, 2.45) is 5.92 Å². The Morgan fingerprint density at radius 2 is 1.90 bits per heavy atom. The molecule has 0 atom stereocenters. The summed E-state index contributed by atoms with van der Waals surface area (Å²) in [5.41, 5.74) is -0.878. The van der Waals surface area contributed by atoms with Crippen molar-refractivity contribution in [1.82, 2.24) is 10.1 Å². The van der Waals surface area contributed by atoms with E-state index in [4.69, 9.17) is 18.7 Å². The average molecular weight is 421 g/mol. The number of rotatable bonds is 6. The fraction of sp³-hybridized carbons (Fsp3) is 0.636. The Morgan fingerprint density at radius 3 is 2.53 bits per heavy atom. The molecule has 8 nitrogen and oxygen atoms in total. The first kappa shape index (κ1) is 22.2. The molecule has 2 aromatic rings. The smallest absolute Gasteiger partial charge is 0.410 e. The summed E-state index contributed by atoms with van der Waals surface area (Å²) in [6, 6.07) is 5.41. The van der Waals surface area contributed by atoms with Gasteiger partial charge < -0.3 is 28.7 Å². The molecule has 1 amide bonds. The van der Waals surface area contributed by atoms with Gasteiger partial charge in [0.1, 0.15) is 23.3 Å². The highest BCUT2D eigenvalue weighted by atomic mass is 16.6. The lowest BCUT2D eigenvalue weighted by atomic mass is 9.98. The summed E-state index contributed by atoms with van der Waals surface area (Å²) in [6.45, 7) is 10.9. The molecule has 1 aromatic carbocycles. The SMILES string of the molecule is CC(C)(O)COc1cccc2onc(OCC3CCN(C(=O)OC(C)(C)C)CC3)c12. The van der Waals surface area contributed by atoms with E-state index >= 15 is 0 Å². The lowest BCUT2D eigenvalue weighted by molar-refractivity contribution is 0.0164. The molecular formula is C22H32N2O6. The number of piperidine rings is 1. The number of aliphatic hydroxyl groups is 1. The minimum Gasteiger partial charge on any atom is -0.490 e. The highest BCUT2D eigenvalue weighted by molar-refractivity contribution is 5.88. The van der Waals surface area contributed by atoms with E-state index in [1.807, 2.05) is 26.8 Å². The van der Waals surface area contributed by atoms with Crippen LogP contribution in [0.15, 0.2) is 22.7 Å². The van der Waals surface area contributed by atoms with Gasteiger partial charge in [-0.1, -0.05) is 6.07 Å². The Balaban J connectivity index is 1.57. The van der Waals surface area contributed by atoms with E-state index in [9.17, 15) is 9.90 Å². The summed E-state index contributed by atoms with van der Waals surface area (Å²) in [4.78, 5) is 13.9. The number of likely N-dealkylation sites (tertiary alicyclic amines) is 1. The van der Waals surface area contributed by atoms with Gasteiger partial charge >= 0.3 is 6.09 Å². The zero-order chi connectivity index (χ0) is 21.9. The van der Waals surface area contributed by atoms with Crippen molar-refractivity contribution in [3.05, 3.63) is 18.2 Å². The number of fused-ring (bicyclic) bond motifs is 1. The fourth-order valence-electron chi connectivity index (χ4n) is 3.21. The minimum atomic E-state index is -0.956. The van der Waals surface area contributed by atoms with Crippen LogP contribution in [-0.4, -0.2) is 58.8 Å². The molecule has 1 aliphatic rings. The standard InChI is InChI=1S/C22H32N2O6/c1-21(2,3)29-20(25)24-11-9-15(10-12-24)13-27-19-18-16(28-14-22(4,5)26)7-6-8-17(18)30-23-19/h6-8,15,26H,9-14H2,1-5H3. The summed E-state index contributed by atoms with van der Waals surface area (Å²) < 4.78 is 22.5. The van der Waals surface area contributed by atoms with Crippen LogP contribution in [0.25, 0.3) is 11.0 Å². The Labute approximate surface area is 177 Å². The molecule has 0 radical (unpaired) electrons. The Morgan fingerprint density at radius 1 is 1.20 bits per heavy atom. The molecule has 0 aliphatic carbocycles.